The van der Waals surface area contributed by atoms with Crippen LogP contribution >= 0.6 is 0 Å². The first-order valence-electron chi connectivity index (χ1n) is 13.3. The van der Waals surface area contributed by atoms with E-state index < -0.39 is 94.0 Å². The molecule has 0 bridgehead atoms. The lowest BCUT2D eigenvalue weighted by molar-refractivity contribution is -0.274. The van der Waals surface area contributed by atoms with Crippen molar-refractivity contribution in [1.29, 1.82) is 0 Å². The second-order valence-electron chi connectivity index (χ2n) is 10.8. The lowest BCUT2D eigenvalue weighted by Crippen LogP contribution is -2.76. The van der Waals surface area contributed by atoms with Gasteiger partial charge in [0.1, 0.15) is 41.1 Å². The molecule has 0 unspecified atom stereocenters. The van der Waals surface area contributed by atoms with Gasteiger partial charge < -0.3 is 54.3 Å². The molecule has 0 aromatic heterocycles. The van der Waals surface area contributed by atoms with Gasteiger partial charge in [0, 0.05) is 24.1 Å². The highest BCUT2D eigenvalue weighted by Crippen LogP contribution is 2.49. The Hall–Kier alpha value is -3.96. The van der Waals surface area contributed by atoms with Crippen LogP contribution in [0.4, 0.5) is 0 Å². The van der Waals surface area contributed by atoms with E-state index in [1.54, 1.807) is 0 Å². The van der Waals surface area contributed by atoms with Gasteiger partial charge in [-0.05, 0) is 36.9 Å². The quantitative estimate of drug-likeness (QED) is 0.171. The van der Waals surface area contributed by atoms with Crippen LogP contribution in [-0.4, -0.2) is 123 Å². The number of carbonyl (C=O) groups excluding carboxylic acids is 4. The molecule has 44 heavy (non-hydrogen) atoms. The minimum atomic E-state index is -3.53. The number of esters is 1. The fourth-order valence-corrected chi connectivity index (χ4v) is 6.09. The first-order valence-corrected chi connectivity index (χ1v) is 13.3. The van der Waals surface area contributed by atoms with E-state index >= 15 is 0 Å². The van der Waals surface area contributed by atoms with Gasteiger partial charge in [0.15, 0.2) is 6.10 Å². The van der Waals surface area contributed by atoms with Gasteiger partial charge in [-0.25, -0.2) is 4.79 Å². The van der Waals surface area contributed by atoms with E-state index in [-0.39, 0.29) is 27.6 Å². The number of hydrogen-bond acceptors (Lipinski definition) is 15. The topological polar surface area (TPSA) is 236 Å². The number of fused-ring (bicyclic) bond motifs is 3. The van der Waals surface area contributed by atoms with Gasteiger partial charge in [0.2, 0.25) is 34.8 Å². The number of benzene rings is 2. The smallest absolute Gasteiger partial charge is 0.341 e. The molecular weight excluding hydrogens is 588 g/mol. The minimum absolute atomic E-state index is 0.0332. The number of phenols is 1. The van der Waals surface area contributed by atoms with Crippen LogP contribution in [0, 0.1) is 6.92 Å². The Morgan fingerprint density at radius 3 is 2.25 bits per heavy atom. The summed E-state index contributed by atoms with van der Waals surface area (Å²) in [5.41, 5.74) is -8.76. The summed E-state index contributed by atoms with van der Waals surface area (Å²) >= 11 is 0. The fraction of sp³-hybridized carbons (Fsp3) is 0.448. The third kappa shape index (κ3) is 3.94. The molecule has 8 atom stereocenters. The van der Waals surface area contributed by atoms with Crippen LogP contribution in [0.3, 0.4) is 0 Å². The summed E-state index contributed by atoms with van der Waals surface area (Å²) in [7, 11) is 3.34. The Morgan fingerprint density at radius 1 is 1.00 bits per heavy atom. The number of hydrogen-bond donors (Lipinski definition) is 6. The maximum absolute atomic E-state index is 13.8. The number of phenolic OH excluding ortho intramolecular Hbond substituents is 1. The second kappa shape index (κ2) is 10.6. The standard InChI is InChI=1S/C29H30O15/c1-9-16-11(7-13(17(9)26(37)42-5)44-27-22(41-4)21(33)19(31)10(2)43-27)6-12-18(20(16)32)25(36)28(38)15(30)8-14(40-3)24(35)29(28,39)23(12)34/h6-8,10,19,21-22,24,27,31-33,35,38-39H,1-5H3/t10-,19-,21+,22+,24+,27-,28+,29+/m0/s1. The Balaban J connectivity index is 1.75. The van der Waals surface area contributed by atoms with E-state index in [0.29, 0.717) is 6.08 Å². The monoisotopic (exact) mass is 618 g/mol. The lowest BCUT2D eigenvalue weighted by atomic mass is 9.60. The average molecular weight is 619 g/mol. The number of aliphatic hydroxyl groups is 5. The van der Waals surface area contributed by atoms with E-state index in [1.807, 2.05) is 0 Å². The van der Waals surface area contributed by atoms with Crippen LogP contribution in [0.2, 0.25) is 0 Å². The Labute approximate surface area is 248 Å². The number of Topliss-reactive ketones (excluding diaryl/α,β-unsaturated/α-hetero) is 2. The maximum Gasteiger partial charge on any atom is 0.341 e. The van der Waals surface area contributed by atoms with Gasteiger partial charge in [0.05, 0.1) is 25.9 Å². The number of ketones is 3. The molecule has 2 aromatic carbocycles. The fourth-order valence-electron chi connectivity index (χ4n) is 6.09. The third-order valence-electron chi connectivity index (χ3n) is 8.53. The summed E-state index contributed by atoms with van der Waals surface area (Å²) in [6, 6.07) is 2.22. The molecule has 1 saturated heterocycles. The van der Waals surface area contributed by atoms with Crippen molar-refractivity contribution in [1.82, 2.24) is 0 Å². The van der Waals surface area contributed by atoms with E-state index in [9.17, 15) is 49.8 Å². The number of aliphatic hydroxyl groups excluding tert-OH is 3. The average Bonchev–Trinajstić information content (AvgIpc) is 2.98. The third-order valence-corrected chi connectivity index (χ3v) is 8.53. The minimum Gasteiger partial charge on any atom is -0.507 e. The Morgan fingerprint density at radius 2 is 1.66 bits per heavy atom. The van der Waals surface area contributed by atoms with Gasteiger partial charge in [-0.1, -0.05) is 0 Å². The Bertz CT molecular complexity index is 1650. The number of aromatic hydroxyl groups is 1. The summed E-state index contributed by atoms with van der Waals surface area (Å²) < 4.78 is 26.7. The van der Waals surface area contributed by atoms with Crippen LogP contribution in [0.15, 0.2) is 24.0 Å². The molecule has 1 fully saturated rings. The molecule has 2 aromatic rings. The molecule has 5 rings (SSSR count). The summed E-state index contributed by atoms with van der Waals surface area (Å²) in [5.74, 6) is -7.24. The van der Waals surface area contributed by atoms with Gasteiger partial charge in [-0.3, -0.25) is 14.4 Å². The van der Waals surface area contributed by atoms with Crippen molar-refractivity contribution in [3.05, 3.63) is 46.2 Å². The van der Waals surface area contributed by atoms with Gasteiger partial charge in [-0.2, -0.15) is 0 Å². The number of carbonyl (C=O) groups is 4. The van der Waals surface area contributed by atoms with Gasteiger partial charge >= 0.3 is 5.97 Å². The van der Waals surface area contributed by atoms with Crippen molar-refractivity contribution >= 4 is 34.1 Å². The van der Waals surface area contributed by atoms with Crippen molar-refractivity contribution in [2.75, 3.05) is 21.3 Å². The number of aryl methyl sites for hydroxylation is 1. The number of methoxy groups -OCH3 is 3. The van der Waals surface area contributed by atoms with E-state index in [0.717, 1.165) is 20.3 Å². The molecule has 6 N–H and O–H groups in total. The van der Waals surface area contributed by atoms with Crippen LogP contribution in [0.5, 0.6) is 11.5 Å². The predicted molar refractivity (Wildman–Crippen MR) is 144 cm³/mol. The highest BCUT2D eigenvalue weighted by atomic mass is 16.7. The predicted octanol–water partition coefficient (Wildman–Crippen LogP) is -1.18. The summed E-state index contributed by atoms with van der Waals surface area (Å²) in [6.07, 6.45) is -8.12. The molecule has 0 spiro atoms. The molecule has 15 nitrogen and oxygen atoms in total. The molecular formula is C29H30O15. The molecule has 1 aliphatic heterocycles. The zero-order chi connectivity index (χ0) is 32.6. The van der Waals surface area contributed by atoms with Crippen LogP contribution in [-0.2, 0) is 23.7 Å². The highest BCUT2D eigenvalue weighted by molar-refractivity contribution is 6.35. The molecule has 0 saturated carbocycles. The first kappa shape index (κ1) is 31.5. The van der Waals surface area contributed by atoms with Crippen molar-refractivity contribution in [2.45, 2.75) is 61.9 Å². The zero-order valence-corrected chi connectivity index (χ0v) is 24.1. The molecule has 3 aliphatic rings. The van der Waals surface area contributed by atoms with Gasteiger partial charge in [0.25, 0.3) is 0 Å². The SMILES string of the molecule is COC(=O)c1c(O[C@@H]2O[C@@H](C)[C@H](O)[C@@H](O)[C@H]2OC)cc2cc3c(c(O)c2c1C)C(=O)[C@]1(O)C(=O)C=C(OC)[C@@H](O)[C@]1(O)C3=O. The van der Waals surface area contributed by atoms with Crippen molar-refractivity contribution in [3.8, 4) is 11.5 Å². The van der Waals surface area contributed by atoms with E-state index in [4.69, 9.17) is 23.7 Å². The normalized spacial score (nSPS) is 33.4. The van der Waals surface area contributed by atoms with Crippen LogP contribution in [0.25, 0.3) is 10.8 Å². The van der Waals surface area contributed by atoms with Gasteiger partial charge in [-0.15, -0.1) is 0 Å². The maximum atomic E-state index is 13.8. The molecule has 236 valence electrons. The zero-order valence-electron chi connectivity index (χ0n) is 24.1. The molecule has 0 radical (unpaired) electrons. The van der Waals surface area contributed by atoms with Crippen molar-refractivity contribution < 1.29 is 73.5 Å². The molecule has 0 amide bonds. The van der Waals surface area contributed by atoms with Crippen molar-refractivity contribution in [2.24, 2.45) is 0 Å². The highest BCUT2D eigenvalue weighted by Gasteiger charge is 2.73. The molecule has 2 aliphatic carbocycles. The largest absolute Gasteiger partial charge is 0.507 e. The summed E-state index contributed by atoms with van der Waals surface area (Å²) in [6.45, 7) is 2.82. The van der Waals surface area contributed by atoms with E-state index in [1.165, 1.54) is 27.0 Å². The number of ether oxygens (including phenoxy) is 5. The van der Waals surface area contributed by atoms with Crippen LogP contribution < -0.4 is 4.74 Å². The molecule has 15 heteroatoms. The lowest BCUT2D eigenvalue weighted by Gasteiger charge is -2.47. The summed E-state index contributed by atoms with van der Waals surface area (Å²) in [4.78, 5) is 53.4. The number of rotatable bonds is 5. The summed E-state index contributed by atoms with van der Waals surface area (Å²) in [5, 5.41) is 65.4. The van der Waals surface area contributed by atoms with Crippen LogP contribution in [0.1, 0.15) is 43.6 Å². The van der Waals surface area contributed by atoms with Crippen molar-refractivity contribution in [3.63, 3.8) is 0 Å². The second-order valence-corrected chi connectivity index (χ2v) is 10.8. The Kier molecular flexibility index (Phi) is 7.57. The first-order chi connectivity index (χ1) is 20.6. The molecule has 1 heterocycles. The van der Waals surface area contributed by atoms with E-state index in [2.05, 4.69) is 0 Å².